The third-order valence-electron chi connectivity index (χ3n) is 4.09. The van der Waals surface area contributed by atoms with Gasteiger partial charge >= 0.3 is 6.03 Å². The maximum Gasteiger partial charge on any atom is 0.317 e. The number of aromatic nitrogens is 2. The van der Waals surface area contributed by atoms with Crippen molar-refractivity contribution in [2.75, 3.05) is 13.6 Å². The average molecular weight is 300 g/mol. The number of nitrogens with zero attached hydrogens (tertiary/aromatic N) is 3. The summed E-state index contributed by atoms with van der Waals surface area (Å²) in [6.07, 6.45) is 2.25. The molecular formula is C16H20N4O2. The van der Waals surface area contributed by atoms with Crippen LogP contribution in [0.3, 0.4) is 0 Å². The molecule has 1 saturated carbocycles. The fraction of sp³-hybridized carbons (Fsp3) is 0.438. The summed E-state index contributed by atoms with van der Waals surface area (Å²) in [6, 6.07) is 10.3. The predicted octanol–water partition coefficient (Wildman–Crippen LogP) is 2.25. The molecular weight excluding hydrogens is 280 g/mol. The van der Waals surface area contributed by atoms with Crippen LogP contribution >= 0.6 is 0 Å². The van der Waals surface area contributed by atoms with E-state index in [-0.39, 0.29) is 18.0 Å². The molecule has 1 aromatic heterocycles. The Morgan fingerprint density at radius 1 is 1.36 bits per heavy atom. The van der Waals surface area contributed by atoms with E-state index in [0.29, 0.717) is 18.3 Å². The molecule has 0 saturated heterocycles. The van der Waals surface area contributed by atoms with E-state index in [1.54, 1.807) is 11.8 Å². The standard InChI is InChI=1S/C16H20N4O2/c1-12-18-14(22-19-12)10-17-15(21)20(2)11-16(8-9-16)13-6-4-3-5-7-13/h3-7H,8-11H2,1-2H3,(H,17,21). The van der Waals surface area contributed by atoms with Crippen LogP contribution in [0.15, 0.2) is 34.9 Å². The Morgan fingerprint density at radius 2 is 2.09 bits per heavy atom. The molecule has 1 aliphatic carbocycles. The molecule has 2 amide bonds. The number of benzene rings is 1. The van der Waals surface area contributed by atoms with Crippen LogP contribution in [0.2, 0.25) is 0 Å². The molecule has 0 bridgehead atoms. The summed E-state index contributed by atoms with van der Waals surface area (Å²) >= 11 is 0. The van der Waals surface area contributed by atoms with Gasteiger partial charge in [0.05, 0.1) is 6.54 Å². The lowest BCUT2D eigenvalue weighted by molar-refractivity contribution is 0.202. The fourth-order valence-corrected chi connectivity index (χ4v) is 2.70. The molecule has 22 heavy (non-hydrogen) atoms. The molecule has 116 valence electrons. The van der Waals surface area contributed by atoms with Crippen molar-refractivity contribution >= 4 is 6.03 Å². The summed E-state index contributed by atoms with van der Waals surface area (Å²) in [5.74, 6) is 0.988. The van der Waals surface area contributed by atoms with Gasteiger partial charge in [-0.15, -0.1) is 0 Å². The molecule has 6 nitrogen and oxygen atoms in total. The second-order valence-corrected chi connectivity index (χ2v) is 5.90. The van der Waals surface area contributed by atoms with E-state index in [1.807, 2.05) is 25.2 Å². The number of hydrogen-bond acceptors (Lipinski definition) is 4. The monoisotopic (exact) mass is 300 g/mol. The van der Waals surface area contributed by atoms with Gasteiger partial charge in [-0.3, -0.25) is 0 Å². The van der Waals surface area contributed by atoms with Crippen LogP contribution in [0, 0.1) is 6.92 Å². The number of carbonyl (C=O) groups excluding carboxylic acids is 1. The van der Waals surface area contributed by atoms with Gasteiger partial charge in [0.2, 0.25) is 5.89 Å². The van der Waals surface area contributed by atoms with Crippen LogP contribution in [0.4, 0.5) is 4.79 Å². The van der Waals surface area contributed by atoms with Crippen LogP contribution in [0.1, 0.15) is 30.1 Å². The van der Waals surface area contributed by atoms with Crippen LogP contribution < -0.4 is 5.32 Å². The SMILES string of the molecule is Cc1noc(CNC(=O)N(C)CC2(c3ccccc3)CC2)n1. The summed E-state index contributed by atoms with van der Waals surface area (Å²) in [5.41, 5.74) is 1.43. The van der Waals surface area contributed by atoms with E-state index in [9.17, 15) is 4.79 Å². The molecule has 0 atom stereocenters. The van der Waals surface area contributed by atoms with Gasteiger partial charge in [-0.25, -0.2) is 4.79 Å². The molecule has 0 spiro atoms. The number of nitrogens with one attached hydrogen (secondary N) is 1. The number of urea groups is 1. The summed E-state index contributed by atoms with van der Waals surface area (Å²) in [4.78, 5) is 18.0. The first-order valence-corrected chi connectivity index (χ1v) is 7.43. The highest BCUT2D eigenvalue weighted by molar-refractivity contribution is 5.74. The minimum absolute atomic E-state index is 0.119. The van der Waals surface area contributed by atoms with Crippen molar-refractivity contribution in [2.24, 2.45) is 0 Å². The first kappa shape index (κ1) is 14.6. The van der Waals surface area contributed by atoms with E-state index in [0.717, 1.165) is 12.8 Å². The van der Waals surface area contributed by atoms with Gasteiger partial charge in [-0.2, -0.15) is 4.98 Å². The van der Waals surface area contributed by atoms with E-state index < -0.39 is 0 Å². The molecule has 1 fully saturated rings. The first-order valence-electron chi connectivity index (χ1n) is 7.43. The number of carbonyl (C=O) groups is 1. The maximum absolute atomic E-state index is 12.2. The Hall–Kier alpha value is -2.37. The van der Waals surface area contributed by atoms with Crippen LogP contribution in [0.5, 0.6) is 0 Å². The van der Waals surface area contributed by atoms with Gasteiger partial charge in [0.15, 0.2) is 5.82 Å². The number of aryl methyl sites for hydroxylation is 1. The first-order chi connectivity index (χ1) is 10.6. The van der Waals surface area contributed by atoms with Gasteiger partial charge < -0.3 is 14.7 Å². The highest BCUT2D eigenvalue weighted by Gasteiger charge is 2.45. The smallest absolute Gasteiger partial charge is 0.317 e. The summed E-state index contributed by atoms with van der Waals surface area (Å²) in [6.45, 7) is 2.71. The highest BCUT2D eigenvalue weighted by atomic mass is 16.5. The quantitative estimate of drug-likeness (QED) is 0.919. The zero-order chi connectivity index (χ0) is 15.6. The van der Waals surface area contributed by atoms with Crippen molar-refractivity contribution in [3.63, 3.8) is 0 Å². The van der Waals surface area contributed by atoms with Crippen LogP contribution in [-0.4, -0.2) is 34.7 Å². The van der Waals surface area contributed by atoms with Crippen molar-refractivity contribution in [1.82, 2.24) is 20.4 Å². The Morgan fingerprint density at radius 3 is 2.68 bits per heavy atom. The summed E-state index contributed by atoms with van der Waals surface area (Å²) in [5, 5.41) is 6.50. The molecule has 1 aliphatic rings. The molecule has 1 aromatic carbocycles. The van der Waals surface area contributed by atoms with E-state index in [2.05, 4.69) is 27.6 Å². The van der Waals surface area contributed by atoms with Gasteiger partial charge in [0.25, 0.3) is 0 Å². The van der Waals surface area contributed by atoms with Gasteiger partial charge in [0, 0.05) is 19.0 Å². The maximum atomic E-state index is 12.2. The Labute approximate surface area is 129 Å². The predicted molar refractivity (Wildman–Crippen MR) is 81.3 cm³/mol. The van der Waals surface area contributed by atoms with Crippen LogP contribution in [0.25, 0.3) is 0 Å². The minimum atomic E-state index is -0.127. The Kier molecular flexibility index (Phi) is 3.83. The topological polar surface area (TPSA) is 71.3 Å². The second-order valence-electron chi connectivity index (χ2n) is 5.90. The average Bonchev–Trinajstić information content (AvgIpc) is 3.19. The molecule has 2 aromatic rings. The number of hydrogen-bond donors (Lipinski definition) is 1. The number of amides is 2. The largest absolute Gasteiger partial charge is 0.337 e. The molecule has 6 heteroatoms. The minimum Gasteiger partial charge on any atom is -0.337 e. The molecule has 3 rings (SSSR count). The van der Waals surface area contributed by atoms with Crippen LogP contribution in [-0.2, 0) is 12.0 Å². The second kappa shape index (κ2) is 5.79. The third-order valence-corrected chi connectivity index (χ3v) is 4.09. The van der Waals surface area contributed by atoms with Gasteiger partial charge in [-0.1, -0.05) is 35.5 Å². The molecule has 0 unspecified atom stereocenters. The highest BCUT2D eigenvalue weighted by Crippen LogP contribution is 2.48. The van der Waals surface area contributed by atoms with Crippen molar-refractivity contribution < 1.29 is 9.32 Å². The fourth-order valence-electron chi connectivity index (χ4n) is 2.70. The van der Waals surface area contributed by atoms with Crippen molar-refractivity contribution in [1.29, 1.82) is 0 Å². The summed E-state index contributed by atoms with van der Waals surface area (Å²) in [7, 11) is 1.82. The molecule has 0 radical (unpaired) electrons. The molecule has 1 N–H and O–H groups in total. The van der Waals surface area contributed by atoms with E-state index in [1.165, 1.54) is 5.56 Å². The number of rotatable bonds is 5. The zero-order valence-corrected chi connectivity index (χ0v) is 12.9. The van der Waals surface area contributed by atoms with Crippen molar-refractivity contribution in [3.05, 3.63) is 47.6 Å². The normalized spacial score (nSPS) is 15.4. The summed E-state index contributed by atoms with van der Waals surface area (Å²) < 4.78 is 4.98. The number of likely N-dealkylation sites (N-methyl/N-ethyl adjacent to an activating group) is 1. The van der Waals surface area contributed by atoms with Gasteiger partial charge in [0.1, 0.15) is 0 Å². The molecule has 0 aliphatic heterocycles. The van der Waals surface area contributed by atoms with Gasteiger partial charge in [-0.05, 0) is 25.3 Å². The lowest BCUT2D eigenvalue weighted by atomic mass is 9.95. The zero-order valence-electron chi connectivity index (χ0n) is 12.9. The van der Waals surface area contributed by atoms with Crippen molar-refractivity contribution in [2.45, 2.75) is 31.7 Å². The Balaban J connectivity index is 1.55. The lowest BCUT2D eigenvalue weighted by Gasteiger charge is -2.24. The Bertz CT molecular complexity index is 649. The van der Waals surface area contributed by atoms with E-state index >= 15 is 0 Å². The lowest BCUT2D eigenvalue weighted by Crippen LogP contribution is -2.41. The molecule has 1 heterocycles. The van der Waals surface area contributed by atoms with E-state index in [4.69, 9.17) is 4.52 Å². The van der Waals surface area contributed by atoms with Crippen molar-refractivity contribution in [3.8, 4) is 0 Å². The third kappa shape index (κ3) is 3.10.